The maximum absolute atomic E-state index is 12.8. The Hall–Kier alpha value is -2.26. The van der Waals surface area contributed by atoms with Crippen LogP contribution < -0.4 is 5.32 Å². The summed E-state index contributed by atoms with van der Waals surface area (Å²) in [7, 11) is 1.70. The molecular weight excluding hydrogens is 510 g/mol. The van der Waals surface area contributed by atoms with Crippen molar-refractivity contribution in [3.05, 3.63) is 53.4 Å². The molecule has 0 saturated carbocycles. The minimum atomic E-state index is -4.37. The molecule has 1 saturated heterocycles. The highest BCUT2D eigenvalue weighted by atomic mass is 127. The zero-order chi connectivity index (χ0) is 20.7. The highest BCUT2D eigenvalue weighted by Crippen LogP contribution is 2.29. The molecule has 0 aliphatic carbocycles. The van der Waals surface area contributed by atoms with Crippen molar-refractivity contribution in [2.45, 2.75) is 12.7 Å². The van der Waals surface area contributed by atoms with Crippen LogP contribution in [0.4, 0.5) is 13.2 Å². The SMILES string of the molecule is CN=C(NCC#Cc1cccc(C(F)(F)F)c1)N1CCN(Cc2ccon2)CC1.I. The van der Waals surface area contributed by atoms with Crippen LogP contribution in [0.2, 0.25) is 0 Å². The standard InChI is InChI=1S/C20H22F3N5O.HI/c1-24-19(28-11-9-27(10-12-28)15-18-7-13-29-26-18)25-8-3-5-16-4-2-6-17(14-16)20(21,22)23;/h2,4,6-7,13-14H,8-12,15H2,1H3,(H,24,25);1H. The fourth-order valence-electron chi connectivity index (χ4n) is 3.04. The van der Waals surface area contributed by atoms with Gasteiger partial charge in [0.25, 0.3) is 0 Å². The third-order valence-electron chi connectivity index (χ3n) is 4.52. The molecule has 0 bridgehead atoms. The van der Waals surface area contributed by atoms with Gasteiger partial charge in [-0.05, 0) is 18.2 Å². The highest BCUT2D eigenvalue weighted by Gasteiger charge is 2.30. The second kappa shape index (κ2) is 11.2. The van der Waals surface area contributed by atoms with Crippen LogP contribution in [0.15, 0.2) is 46.1 Å². The van der Waals surface area contributed by atoms with Crippen LogP contribution in [0.5, 0.6) is 0 Å². The van der Waals surface area contributed by atoms with Crippen molar-refractivity contribution in [1.29, 1.82) is 0 Å². The molecule has 1 aromatic carbocycles. The van der Waals surface area contributed by atoms with Crippen molar-refractivity contribution in [2.24, 2.45) is 4.99 Å². The lowest BCUT2D eigenvalue weighted by molar-refractivity contribution is -0.137. The first-order chi connectivity index (χ1) is 14.0. The Kier molecular flexibility index (Phi) is 8.98. The predicted octanol–water partition coefficient (Wildman–Crippen LogP) is 3.06. The first-order valence-electron chi connectivity index (χ1n) is 9.19. The van der Waals surface area contributed by atoms with Crippen molar-refractivity contribution < 1.29 is 17.7 Å². The fourth-order valence-corrected chi connectivity index (χ4v) is 3.04. The summed E-state index contributed by atoms with van der Waals surface area (Å²) in [5.74, 6) is 6.35. The van der Waals surface area contributed by atoms with Crippen LogP contribution in [-0.2, 0) is 12.7 Å². The van der Waals surface area contributed by atoms with E-state index in [0.29, 0.717) is 12.1 Å². The molecule has 0 radical (unpaired) electrons. The Balaban J connectivity index is 0.00000320. The lowest BCUT2D eigenvalue weighted by Gasteiger charge is -2.35. The average Bonchev–Trinajstić information content (AvgIpc) is 3.22. The van der Waals surface area contributed by atoms with Crippen LogP contribution in [0.25, 0.3) is 0 Å². The van der Waals surface area contributed by atoms with E-state index >= 15 is 0 Å². The molecule has 6 nitrogen and oxygen atoms in total. The number of piperazine rings is 1. The van der Waals surface area contributed by atoms with Crippen molar-refractivity contribution in [3.63, 3.8) is 0 Å². The number of guanidine groups is 1. The average molecular weight is 533 g/mol. The van der Waals surface area contributed by atoms with Gasteiger partial charge in [-0.25, -0.2) is 0 Å². The van der Waals surface area contributed by atoms with E-state index in [9.17, 15) is 13.2 Å². The third-order valence-corrected chi connectivity index (χ3v) is 4.52. The number of halogens is 4. The molecule has 1 aromatic heterocycles. The van der Waals surface area contributed by atoms with Crippen molar-refractivity contribution in [3.8, 4) is 11.8 Å². The van der Waals surface area contributed by atoms with Gasteiger partial charge in [-0.3, -0.25) is 9.89 Å². The topological polar surface area (TPSA) is 56.9 Å². The summed E-state index contributed by atoms with van der Waals surface area (Å²) in [5, 5.41) is 7.08. The first kappa shape index (κ1) is 24.0. The Bertz CT molecular complexity index is 882. The van der Waals surface area contributed by atoms with Gasteiger partial charge in [-0.1, -0.05) is 23.1 Å². The molecule has 0 atom stereocenters. The Morgan fingerprint density at radius 1 is 1.23 bits per heavy atom. The monoisotopic (exact) mass is 533 g/mol. The molecule has 30 heavy (non-hydrogen) atoms. The molecule has 1 fully saturated rings. The molecule has 0 unspecified atom stereocenters. The van der Waals surface area contributed by atoms with Gasteiger partial charge in [-0.15, -0.1) is 24.0 Å². The van der Waals surface area contributed by atoms with Gasteiger partial charge in [0.15, 0.2) is 5.96 Å². The highest BCUT2D eigenvalue weighted by molar-refractivity contribution is 14.0. The number of benzene rings is 1. The number of aromatic nitrogens is 1. The van der Waals surface area contributed by atoms with Crippen molar-refractivity contribution >= 4 is 29.9 Å². The Morgan fingerprint density at radius 2 is 2.00 bits per heavy atom. The summed E-state index contributed by atoms with van der Waals surface area (Å²) in [4.78, 5) is 8.69. The van der Waals surface area contributed by atoms with Crippen molar-refractivity contribution in [2.75, 3.05) is 39.8 Å². The zero-order valence-electron chi connectivity index (χ0n) is 16.4. The van der Waals surface area contributed by atoms with E-state index < -0.39 is 11.7 Å². The molecule has 0 spiro atoms. The molecule has 2 heterocycles. The van der Waals surface area contributed by atoms with E-state index in [4.69, 9.17) is 4.52 Å². The number of nitrogens with one attached hydrogen (secondary N) is 1. The van der Waals surface area contributed by atoms with Gasteiger partial charge >= 0.3 is 6.18 Å². The molecule has 2 aromatic rings. The van der Waals surface area contributed by atoms with Crippen molar-refractivity contribution in [1.82, 2.24) is 20.3 Å². The second-order valence-electron chi connectivity index (χ2n) is 6.54. The van der Waals surface area contributed by atoms with E-state index in [1.807, 2.05) is 6.07 Å². The quantitative estimate of drug-likeness (QED) is 0.285. The van der Waals surface area contributed by atoms with E-state index in [2.05, 4.69) is 37.1 Å². The minimum Gasteiger partial charge on any atom is -0.364 e. The van der Waals surface area contributed by atoms with Gasteiger partial charge in [0.1, 0.15) is 6.26 Å². The molecule has 1 aliphatic rings. The van der Waals surface area contributed by atoms with Gasteiger partial charge in [0.05, 0.1) is 17.8 Å². The summed E-state index contributed by atoms with van der Waals surface area (Å²) < 4.78 is 43.1. The Morgan fingerprint density at radius 3 is 2.63 bits per heavy atom. The third kappa shape index (κ3) is 6.91. The van der Waals surface area contributed by atoms with Crippen LogP contribution in [0.1, 0.15) is 16.8 Å². The molecule has 3 rings (SSSR count). The molecular formula is C20H23F3IN5O. The smallest absolute Gasteiger partial charge is 0.364 e. The summed E-state index contributed by atoms with van der Waals surface area (Å²) in [6.07, 6.45) is -2.80. The predicted molar refractivity (Wildman–Crippen MR) is 118 cm³/mol. The summed E-state index contributed by atoms with van der Waals surface area (Å²) >= 11 is 0. The maximum atomic E-state index is 12.8. The zero-order valence-corrected chi connectivity index (χ0v) is 18.8. The normalized spacial score (nSPS) is 15.2. The van der Waals surface area contributed by atoms with Crippen LogP contribution in [-0.4, -0.2) is 60.7 Å². The van der Waals surface area contributed by atoms with E-state index in [1.165, 1.54) is 6.07 Å². The van der Waals surface area contributed by atoms with Gasteiger partial charge in [0.2, 0.25) is 0 Å². The van der Waals surface area contributed by atoms with E-state index in [-0.39, 0.29) is 24.0 Å². The largest absolute Gasteiger partial charge is 0.416 e. The van der Waals surface area contributed by atoms with Gasteiger partial charge in [-0.2, -0.15) is 13.2 Å². The summed E-state index contributed by atoms with van der Waals surface area (Å²) in [6.45, 7) is 4.38. The number of hydrogen-bond donors (Lipinski definition) is 1. The molecule has 162 valence electrons. The molecule has 10 heteroatoms. The van der Waals surface area contributed by atoms with E-state index in [0.717, 1.165) is 56.5 Å². The van der Waals surface area contributed by atoms with Crippen LogP contribution in [0.3, 0.4) is 0 Å². The first-order valence-corrected chi connectivity index (χ1v) is 9.19. The number of hydrogen-bond acceptors (Lipinski definition) is 4. The lowest BCUT2D eigenvalue weighted by Crippen LogP contribution is -2.52. The Labute approximate surface area is 190 Å². The molecule has 1 aliphatic heterocycles. The minimum absolute atomic E-state index is 0. The fraction of sp³-hybridized carbons (Fsp3) is 0.400. The second-order valence-corrected chi connectivity index (χ2v) is 6.54. The lowest BCUT2D eigenvalue weighted by atomic mass is 10.1. The molecule has 0 amide bonds. The van der Waals surface area contributed by atoms with E-state index in [1.54, 1.807) is 19.4 Å². The van der Waals surface area contributed by atoms with Gasteiger partial charge < -0.3 is 14.7 Å². The number of alkyl halides is 3. The number of nitrogens with zero attached hydrogens (tertiary/aromatic N) is 4. The number of rotatable bonds is 3. The number of aliphatic imine (C=N–C) groups is 1. The van der Waals surface area contributed by atoms with Crippen LogP contribution in [0, 0.1) is 11.8 Å². The van der Waals surface area contributed by atoms with Crippen LogP contribution >= 0.6 is 24.0 Å². The van der Waals surface area contributed by atoms with Gasteiger partial charge in [0, 0.05) is 51.4 Å². The molecule has 1 N–H and O–H groups in total. The summed E-state index contributed by atoms with van der Waals surface area (Å²) in [6, 6.07) is 6.86. The summed E-state index contributed by atoms with van der Waals surface area (Å²) in [5.41, 5.74) is 0.542. The maximum Gasteiger partial charge on any atom is 0.416 e.